The quantitative estimate of drug-likeness (QED) is 0.317. The number of halogens is 2. The summed E-state index contributed by atoms with van der Waals surface area (Å²) in [6.07, 6.45) is 18.3. The lowest BCUT2D eigenvalue weighted by atomic mass is 9.69. The number of rotatable bonds is 11. The van der Waals surface area contributed by atoms with Crippen LogP contribution in [0.25, 0.3) is 0 Å². The van der Waals surface area contributed by atoms with E-state index in [0.717, 1.165) is 43.4 Å². The van der Waals surface area contributed by atoms with E-state index in [2.05, 4.69) is 6.92 Å². The third-order valence-corrected chi connectivity index (χ3v) is 8.32. The number of benzene rings is 1. The van der Waals surface area contributed by atoms with Gasteiger partial charge in [-0.3, -0.25) is 0 Å². The molecule has 0 aromatic heterocycles. The number of hydrogen-bond donors (Lipinski definition) is 0. The van der Waals surface area contributed by atoms with Crippen LogP contribution in [0.2, 0.25) is 0 Å². The number of ether oxygens (including phenoxy) is 2. The van der Waals surface area contributed by atoms with Gasteiger partial charge in [0.25, 0.3) is 0 Å². The molecule has 0 saturated heterocycles. The van der Waals surface area contributed by atoms with Gasteiger partial charge in [-0.15, -0.1) is 0 Å². The van der Waals surface area contributed by atoms with Gasteiger partial charge in [-0.1, -0.05) is 45.4 Å². The van der Waals surface area contributed by atoms with Gasteiger partial charge in [0, 0.05) is 0 Å². The molecular formula is C28H42F2O2. The molecule has 4 rings (SSSR count). The van der Waals surface area contributed by atoms with Crippen LogP contribution in [0.3, 0.4) is 0 Å². The molecule has 0 aliphatic heterocycles. The number of unbranched alkanes of at least 4 members (excludes halogenated alkanes) is 2. The SMILES string of the molecule is CCCCCC1CCC(C2CCC(COc3ccc(OCC4CC4)c(F)c3F)CC2)CC1. The van der Waals surface area contributed by atoms with Gasteiger partial charge in [0.1, 0.15) is 0 Å². The summed E-state index contributed by atoms with van der Waals surface area (Å²) in [6, 6.07) is 3.02. The van der Waals surface area contributed by atoms with Crippen LogP contribution in [-0.4, -0.2) is 13.2 Å². The molecule has 180 valence electrons. The zero-order valence-electron chi connectivity index (χ0n) is 19.9. The van der Waals surface area contributed by atoms with Gasteiger partial charge in [-0.05, 0) is 93.1 Å². The van der Waals surface area contributed by atoms with Crippen molar-refractivity contribution in [2.45, 2.75) is 96.8 Å². The fraction of sp³-hybridized carbons (Fsp3) is 0.786. The molecule has 0 atom stereocenters. The fourth-order valence-electron chi connectivity index (χ4n) is 5.89. The van der Waals surface area contributed by atoms with E-state index in [0.29, 0.717) is 25.0 Å². The molecule has 3 saturated carbocycles. The average Bonchev–Trinajstić information content (AvgIpc) is 3.65. The molecule has 1 aromatic rings. The molecule has 1 aromatic carbocycles. The van der Waals surface area contributed by atoms with E-state index in [4.69, 9.17) is 9.47 Å². The second-order valence-corrected chi connectivity index (χ2v) is 10.8. The van der Waals surface area contributed by atoms with Crippen molar-refractivity contribution >= 4 is 0 Å². The maximum atomic E-state index is 14.4. The Hall–Kier alpha value is -1.32. The Bertz CT molecular complexity index is 702. The van der Waals surface area contributed by atoms with Gasteiger partial charge >= 0.3 is 0 Å². The van der Waals surface area contributed by atoms with Crippen LogP contribution in [-0.2, 0) is 0 Å². The predicted molar refractivity (Wildman–Crippen MR) is 125 cm³/mol. The van der Waals surface area contributed by atoms with Gasteiger partial charge in [0.05, 0.1) is 13.2 Å². The van der Waals surface area contributed by atoms with Crippen molar-refractivity contribution in [3.8, 4) is 11.5 Å². The Labute approximate surface area is 193 Å². The third-order valence-electron chi connectivity index (χ3n) is 8.32. The van der Waals surface area contributed by atoms with E-state index in [-0.39, 0.29) is 11.5 Å². The lowest BCUT2D eigenvalue weighted by Gasteiger charge is -2.38. The molecule has 0 spiro atoms. The summed E-state index contributed by atoms with van der Waals surface area (Å²) in [5.41, 5.74) is 0. The highest BCUT2D eigenvalue weighted by atomic mass is 19.2. The fourth-order valence-corrected chi connectivity index (χ4v) is 5.89. The monoisotopic (exact) mass is 448 g/mol. The van der Waals surface area contributed by atoms with Gasteiger partial charge in [-0.2, -0.15) is 8.78 Å². The first-order valence-corrected chi connectivity index (χ1v) is 13.4. The maximum absolute atomic E-state index is 14.4. The molecule has 0 N–H and O–H groups in total. The Morgan fingerprint density at radius 2 is 1.09 bits per heavy atom. The Morgan fingerprint density at radius 1 is 0.656 bits per heavy atom. The molecule has 0 unspecified atom stereocenters. The van der Waals surface area contributed by atoms with Gasteiger partial charge < -0.3 is 9.47 Å². The lowest BCUT2D eigenvalue weighted by Crippen LogP contribution is -2.27. The highest BCUT2D eigenvalue weighted by Gasteiger charge is 2.31. The first-order valence-electron chi connectivity index (χ1n) is 13.4. The van der Waals surface area contributed by atoms with Crippen LogP contribution < -0.4 is 9.47 Å². The first kappa shape index (κ1) is 23.8. The highest BCUT2D eigenvalue weighted by molar-refractivity contribution is 5.35. The van der Waals surface area contributed by atoms with Crippen molar-refractivity contribution in [3.63, 3.8) is 0 Å². The van der Waals surface area contributed by atoms with Crippen molar-refractivity contribution < 1.29 is 18.3 Å². The normalized spacial score (nSPS) is 28.5. The van der Waals surface area contributed by atoms with Crippen molar-refractivity contribution in [2.24, 2.45) is 29.6 Å². The van der Waals surface area contributed by atoms with E-state index in [1.165, 1.54) is 76.3 Å². The summed E-state index contributed by atoms with van der Waals surface area (Å²) in [6.45, 7) is 3.24. The molecule has 3 aliphatic rings. The van der Waals surface area contributed by atoms with E-state index >= 15 is 0 Å². The molecule has 0 radical (unpaired) electrons. The molecule has 0 bridgehead atoms. The summed E-state index contributed by atoms with van der Waals surface area (Å²) < 4.78 is 39.8. The molecule has 0 amide bonds. The topological polar surface area (TPSA) is 18.5 Å². The average molecular weight is 449 g/mol. The van der Waals surface area contributed by atoms with E-state index in [9.17, 15) is 8.78 Å². The van der Waals surface area contributed by atoms with Crippen molar-refractivity contribution in [1.82, 2.24) is 0 Å². The lowest BCUT2D eigenvalue weighted by molar-refractivity contribution is 0.120. The molecule has 3 fully saturated rings. The van der Waals surface area contributed by atoms with Crippen LogP contribution in [0, 0.1) is 41.2 Å². The van der Waals surface area contributed by atoms with Crippen LogP contribution in [0.15, 0.2) is 12.1 Å². The Kier molecular flexibility index (Phi) is 8.71. The molecular weight excluding hydrogens is 406 g/mol. The smallest absolute Gasteiger partial charge is 0.204 e. The highest BCUT2D eigenvalue weighted by Crippen LogP contribution is 2.42. The molecule has 4 heteroatoms. The summed E-state index contributed by atoms with van der Waals surface area (Å²) in [4.78, 5) is 0. The van der Waals surface area contributed by atoms with Gasteiger partial charge in [0.15, 0.2) is 11.5 Å². The maximum Gasteiger partial charge on any atom is 0.204 e. The summed E-state index contributed by atoms with van der Waals surface area (Å²) in [5.74, 6) is 1.89. The minimum atomic E-state index is -0.919. The van der Waals surface area contributed by atoms with Crippen LogP contribution in [0.1, 0.15) is 96.8 Å². The zero-order valence-corrected chi connectivity index (χ0v) is 19.9. The molecule has 3 aliphatic carbocycles. The van der Waals surface area contributed by atoms with Crippen molar-refractivity contribution in [2.75, 3.05) is 13.2 Å². The van der Waals surface area contributed by atoms with Gasteiger partial charge in [0.2, 0.25) is 11.6 Å². The minimum absolute atomic E-state index is 0.00217. The van der Waals surface area contributed by atoms with E-state index in [1.807, 2.05) is 0 Å². The summed E-state index contributed by atoms with van der Waals surface area (Å²) in [5, 5.41) is 0. The van der Waals surface area contributed by atoms with Crippen LogP contribution in [0.4, 0.5) is 8.78 Å². The first-order chi connectivity index (χ1) is 15.6. The van der Waals surface area contributed by atoms with Crippen molar-refractivity contribution in [1.29, 1.82) is 0 Å². The summed E-state index contributed by atoms with van der Waals surface area (Å²) in [7, 11) is 0. The summed E-state index contributed by atoms with van der Waals surface area (Å²) >= 11 is 0. The predicted octanol–water partition coefficient (Wildman–Crippen LogP) is 8.33. The van der Waals surface area contributed by atoms with E-state index in [1.54, 1.807) is 0 Å². The van der Waals surface area contributed by atoms with E-state index < -0.39 is 11.6 Å². The third kappa shape index (κ3) is 6.60. The standard InChI is InChI=1S/C28H42F2O2/c1-2-3-4-5-20-8-12-23(13-9-20)24-14-10-22(11-15-24)19-32-26-17-16-25(27(29)28(26)30)31-18-21-6-7-21/h16-17,20-24H,2-15,18-19H2,1H3. The van der Waals surface area contributed by atoms with Crippen molar-refractivity contribution in [3.05, 3.63) is 23.8 Å². The zero-order chi connectivity index (χ0) is 22.3. The Balaban J connectivity index is 1.16. The molecule has 2 nitrogen and oxygen atoms in total. The second kappa shape index (κ2) is 11.7. The molecule has 0 heterocycles. The van der Waals surface area contributed by atoms with Crippen LogP contribution in [0.5, 0.6) is 11.5 Å². The second-order valence-electron chi connectivity index (χ2n) is 10.8. The molecule has 32 heavy (non-hydrogen) atoms. The Morgan fingerprint density at radius 3 is 1.53 bits per heavy atom. The largest absolute Gasteiger partial charge is 0.490 e. The van der Waals surface area contributed by atoms with Gasteiger partial charge in [-0.25, -0.2) is 0 Å². The minimum Gasteiger partial charge on any atom is -0.490 e. The number of hydrogen-bond acceptors (Lipinski definition) is 2. The van der Waals surface area contributed by atoms with Crippen LogP contribution >= 0.6 is 0 Å².